The lowest BCUT2D eigenvalue weighted by Crippen LogP contribution is -2.37. The summed E-state index contributed by atoms with van der Waals surface area (Å²) in [7, 11) is 1.57. The van der Waals surface area contributed by atoms with Gasteiger partial charge in [0.25, 0.3) is 5.91 Å². The molecule has 0 unspecified atom stereocenters. The molecule has 0 saturated carbocycles. The molecule has 1 amide bonds. The minimum Gasteiger partial charge on any atom is -0.480 e. The molecule has 0 atom stereocenters. The van der Waals surface area contributed by atoms with Crippen LogP contribution in [0.15, 0.2) is 18.3 Å². The van der Waals surface area contributed by atoms with Crippen molar-refractivity contribution in [1.29, 1.82) is 0 Å². The van der Waals surface area contributed by atoms with Crippen molar-refractivity contribution in [3.8, 4) is 12.3 Å². The Morgan fingerprint density at radius 3 is 2.89 bits per heavy atom. The van der Waals surface area contributed by atoms with Crippen LogP contribution in [0, 0.1) is 12.3 Å². The summed E-state index contributed by atoms with van der Waals surface area (Å²) in [4.78, 5) is 24.1. The van der Waals surface area contributed by atoms with Gasteiger partial charge in [0, 0.05) is 19.9 Å². The molecule has 102 valence electrons. The van der Waals surface area contributed by atoms with E-state index in [2.05, 4.69) is 5.92 Å². The average molecular weight is 264 g/mol. The Morgan fingerprint density at radius 2 is 2.32 bits per heavy atom. The molecule has 1 rings (SSSR count). The summed E-state index contributed by atoms with van der Waals surface area (Å²) in [6.07, 6.45) is 6.89. The molecule has 19 heavy (non-hydrogen) atoms. The van der Waals surface area contributed by atoms with Gasteiger partial charge in [0.15, 0.2) is 0 Å². The van der Waals surface area contributed by atoms with Crippen LogP contribution in [-0.2, 0) is 16.1 Å². The van der Waals surface area contributed by atoms with Gasteiger partial charge >= 0.3 is 5.97 Å². The van der Waals surface area contributed by atoms with E-state index in [9.17, 15) is 9.59 Å². The topological polar surface area (TPSA) is 71.8 Å². The second-order valence-electron chi connectivity index (χ2n) is 3.84. The Kier molecular flexibility index (Phi) is 5.64. The van der Waals surface area contributed by atoms with E-state index >= 15 is 0 Å². The SMILES string of the molecule is C#CCN(CC(=O)O)C(=O)c1cccn1CCOC. The van der Waals surface area contributed by atoms with Gasteiger partial charge in [-0.25, -0.2) is 0 Å². The molecule has 1 aromatic heterocycles. The second-order valence-corrected chi connectivity index (χ2v) is 3.84. The summed E-state index contributed by atoms with van der Waals surface area (Å²) in [6.45, 7) is 0.518. The van der Waals surface area contributed by atoms with Crippen molar-refractivity contribution in [2.24, 2.45) is 0 Å². The van der Waals surface area contributed by atoms with Crippen molar-refractivity contribution in [3.05, 3.63) is 24.0 Å². The number of hydrogen-bond donors (Lipinski definition) is 1. The first-order valence-corrected chi connectivity index (χ1v) is 5.68. The highest BCUT2D eigenvalue weighted by Gasteiger charge is 2.20. The number of terminal acetylenes is 1. The zero-order chi connectivity index (χ0) is 14.3. The summed E-state index contributed by atoms with van der Waals surface area (Å²) in [5, 5.41) is 8.78. The maximum absolute atomic E-state index is 12.2. The number of carboxylic acid groups (broad SMARTS) is 1. The zero-order valence-electron chi connectivity index (χ0n) is 10.7. The number of aliphatic carboxylic acids is 1. The molecule has 1 aromatic rings. The Labute approximate surface area is 111 Å². The summed E-state index contributed by atoms with van der Waals surface area (Å²) < 4.78 is 6.66. The third kappa shape index (κ3) is 4.16. The van der Waals surface area contributed by atoms with Crippen LogP contribution in [-0.4, -0.2) is 53.3 Å². The van der Waals surface area contributed by atoms with Crippen LogP contribution >= 0.6 is 0 Å². The summed E-state index contributed by atoms with van der Waals surface area (Å²) in [6, 6.07) is 3.35. The van der Waals surface area contributed by atoms with E-state index in [1.807, 2.05) is 0 Å². The number of carboxylic acids is 1. The fraction of sp³-hybridized carbons (Fsp3) is 0.385. The van der Waals surface area contributed by atoms with Gasteiger partial charge in [0.2, 0.25) is 0 Å². The van der Waals surface area contributed by atoms with Crippen LogP contribution in [0.4, 0.5) is 0 Å². The molecule has 0 spiro atoms. The molecule has 0 fully saturated rings. The number of nitrogens with zero attached hydrogens (tertiary/aromatic N) is 2. The fourth-order valence-corrected chi connectivity index (χ4v) is 1.63. The highest BCUT2D eigenvalue weighted by Crippen LogP contribution is 2.07. The standard InChI is InChI=1S/C13H16N2O4/c1-3-6-15(10-12(16)17)13(18)11-5-4-7-14(11)8-9-19-2/h1,4-5,7H,6,8-10H2,2H3,(H,16,17). The quantitative estimate of drug-likeness (QED) is 0.719. The van der Waals surface area contributed by atoms with E-state index in [0.29, 0.717) is 18.8 Å². The highest BCUT2D eigenvalue weighted by atomic mass is 16.5. The van der Waals surface area contributed by atoms with Gasteiger partial charge < -0.3 is 19.3 Å². The number of carbonyl (C=O) groups is 2. The lowest BCUT2D eigenvalue weighted by atomic mass is 10.3. The number of ether oxygens (including phenoxy) is 1. The predicted molar refractivity (Wildman–Crippen MR) is 68.7 cm³/mol. The zero-order valence-corrected chi connectivity index (χ0v) is 10.7. The number of aromatic nitrogens is 1. The molecule has 6 heteroatoms. The third-order valence-electron chi connectivity index (χ3n) is 2.48. The minimum atomic E-state index is -1.10. The monoisotopic (exact) mass is 264 g/mol. The Bertz CT molecular complexity index is 487. The van der Waals surface area contributed by atoms with E-state index < -0.39 is 18.4 Å². The molecule has 6 nitrogen and oxygen atoms in total. The number of hydrogen-bond acceptors (Lipinski definition) is 3. The third-order valence-corrected chi connectivity index (χ3v) is 2.48. The van der Waals surface area contributed by atoms with E-state index in [0.717, 1.165) is 4.90 Å². The Balaban J connectivity index is 2.87. The summed E-state index contributed by atoms with van der Waals surface area (Å²) in [5.41, 5.74) is 0.397. The molecular weight excluding hydrogens is 248 g/mol. The molecule has 0 aliphatic heterocycles. The smallest absolute Gasteiger partial charge is 0.323 e. The van der Waals surface area contributed by atoms with Crippen molar-refractivity contribution in [2.75, 3.05) is 26.8 Å². The largest absolute Gasteiger partial charge is 0.480 e. The van der Waals surface area contributed by atoms with Gasteiger partial charge in [-0.3, -0.25) is 9.59 Å². The lowest BCUT2D eigenvalue weighted by molar-refractivity contribution is -0.137. The predicted octanol–water partition coefficient (Wildman–Crippen LogP) is 0.294. The van der Waals surface area contributed by atoms with Gasteiger partial charge in [0.1, 0.15) is 12.2 Å². The maximum Gasteiger partial charge on any atom is 0.323 e. The summed E-state index contributed by atoms with van der Waals surface area (Å²) >= 11 is 0. The van der Waals surface area contributed by atoms with Crippen LogP contribution < -0.4 is 0 Å². The molecule has 1 N–H and O–H groups in total. The van der Waals surface area contributed by atoms with Crippen LogP contribution in [0.5, 0.6) is 0 Å². The van der Waals surface area contributed by atoms with Gasteiger partial charge in [-0.05, 0) is 12.1 Å². The van der Waals surface area contributed by atoms with Gasteiger partial charge in [-0.2, -0.15) is 0 Å². The van der Waals surface area contributed by atoms with Gasteiger partial charge in [-0.15, -0.1) is 6.42 Å². The Hall–Kier alpha value is -2.26. The first kappa shape index (κ1) is 14.8. The van der Waals surface area contributed by atoms with Crippen molar-refractivity contribution in [1.82, 2.24) is 9.47 Å². The van der Waals surface area contributed by atoms with Crippen molar-refractivity contribution < 1.29 is 19.4 Å². The molecule has 0 radical (unpaired) electrons. The molecule has 0 bridgehead atoms. The van der Waals surface area contributed by atoms with Crippen molar-refractivity contribution >= 4 is 11.9 Å². The van der Waals surface area contributed by atoms with Crippen LogP contribution in [0.2, 0.25) is 0 Å². The first-order chi connectivity index (χ1) is 9.10. The molecular formula is C13H16N2O4. The van der Waals surface area contributed by atoms with Crippen molar-refractivity contribution in [3.63, 3.8) is 0 Å². The van der Waals surface area contributed by atoms with Gasteiger partial charge in [-0.1, -0.05) is 5.92 Å². The number of methoxy groups -OCH3 is 1. The average Bonchev–Trinajstić information content (AvgIpc) is 2.82. The summed E-state index contributed by atoms with van der Waals surface area (Å²) in [5.74, 6) is 0.787. The van der Waals surface area contributed by atoms with E-state index in [1.165, 1.54) is 0 Å². The van der Waals surface area contributed by atoms with Gasteiger partial charge in [0.05, 0.1) is 13.2 Å². The first-order valence-electron chi connectivity index (χ1n) is 5.68. The molecule has 0 saturated heterocycles. The minimum absolute atomic E-state index is 0.0411. The molecule has 0 aliphatic carbocycles. The van der Waals surface area contributed by atoms with E-state index in [1.54, 1.807) is 30.0 Å². The highest BCUT2D eigenvalue weighted by molar-refractivity contribution is 5.94. The second kappa shape index (κ2) is 7.24. The normalized spacial score (nSPS) is 9.89. The van der Waals surface area contributed by atoms with Crippen LogP contribution in [0.1, 0.15) is 10.5 Å². The fourth-order valence-electron chi connectivity index (χ4n) is 1.63. The maximum atomic E-state index is 12.2. The number of amides is 1. The van der Waals surface area contributed by atoms with Crippen LogP contribution in [0.25, 0.3) is 0 Å². The molecule has 0 aliphatic rings. The number of rotatable bonds is 7. The molecule has 1 heterocycles. The molecule has 0 aromatic carbocycles. The van der Waals surface area contributed by atoms with Crippen molar-refractivity contribution in [2.45, 2.75) is 6.54 Å². The Morgan fingerprint density at radius 1 is 1.58 bits per heavy atom. The van der Waals surface area contributed by atoms with E-state index in [-0.39, 0.29) is 6.54 Å². The van der Waals surface area contributed by atoms with E-state index in [4.69, 9.17) is 16.3 Å². The lowest BCUT2D eigenvalue weighted by Gasteiger charge is -2.19. The van der Waals surface area contributed by atoms with Crippen LogP contribution in [0.3, 0.4) is 0 Å². The number of carbonyl (C=O) groups excluding carboxylic acids is 1.